The molecule has 6 aromatic rings. The number of aromatic nitrogens is 1. The molecule has 4 heteroatoms. The van der Waals surface area contributed by atoms with Crippen molar-refractivity contribution in [2.45, 2.75) is 0 Å². The highest BCUT2D eigenvalue weighted by molar-refractivity contribution is 9.10. The van der Waals surface area contributed by atoms with Crippen LogP contribution in [0.2, 0.25) is 0 Å². The standard InChI is InChI=1S/C12H8BrN.C12H7BrO/c13-8-5-6-12-10(7-8)9-3-1-2-4-11(9)14-12;13-8-5-6-10-9-3-1-2-4-11(9)14-12(10)7-8/h1-7,14H;1-7H. The number of H-pyrrole nitrogens is 1. The Balaban J connectivity index is 0.000000122. The molecule has 4 aromatic carbocycles. The summed E-state index contributed by atoms with van der Waals surface area (Å²) in [4.78, 5) is 3.38. The third-order valence-electron chi connectivity index (χ3n) is 4.81. The van der Waals surface area contributed by atoms with Crippen LogP contribution < -0.4 is 0 Å². The van der Waals surface area contributed by atoms with Crippen LogP contribution in [0.5, 0.6) is 0 Å². The van der Waals surface area contributed by atoms with E-state index in [4.69, 9.17) is 4.42 Å². The fourth-order valence-corrected chi connectivity index (χ4v) is 4.22. The molecule has 0 bridgehead atoms. The number of hydrogen-bond donors (Lipinski definition) is 1. The summed E-state index contributed by atoms with van der Waals surface area (Å²) in [5, 5.41) is 4.90. The van der Waals surface area contributed by atoms with E-state index in [1.165, 1.54) is 32.6 Å². The minimum atomic E-state index is 0.931. The number of rotatable bonds is 0. The lowest BCUT2D eigenvalue weighted by Crippen LogP contribution is -1.66. The van der Waals surface area contributed by atoms with Crippen molar-refractivity contribution in [3.05, 3.63) is 93.9 Å². The van der Waals surface area contributed by atoms with Gasteiger partial charge in [0.05, 0.1) is 0 Å². The van der Waals surface area contributed by atoms with Crippen molar-refractivity contribution >= 4 is 75.6 Å². The molecule has 0 aliphatic rings. The summed E-state index contributed by atoms with van der Waals surface area (Å²) in [5.41, 5.74) is 4.26. The summed E-state index contributed by atoms with van der Waals surface area (Å²) >= 11 is 6.92. The number of benzene rings is 4. The van der Waals surface area contributed by atoms with Crippen molar-refractivity contribution in [1.82, 2.24) is 4.98 Å². The van der Waals surface area contributed by atoms with Crippen molar-refractivity contribution in [2.24, 2.45) is 0 Å². The van der Waals surface area contributed by atoms with Crippen LogP contribution >= 0.6 is 31.9 Å². The van der Waals surface area contributed by atoms with Crippen LogP contribution in [0.1, 0.15) is 0 Å². The fraction of sp³-hybridized carbons (Fsp3) is 0. The van der Waals surface area contributed by atoms with E-state index in [-0.39, 0.29) is 0 Å². The maximum Gasteiger partial charge on any atom is 0.136 e. The Morgan fingerprint density at radius 3 is 2.07 bits per heavy atom. The minimum Gasteiger partial charge on any atom is -0.456 e. The van der Waals surface area contributed by atoms with Gasteiger partial charge in [-0.25, -0.2) is 0 Å². The van der Waals surface area contributed by atoms with Crippen molar-refractivity contribution in [3.8, 4) is 0 Å². The van der Waals surface area contributed by atoms with Crippen LogP contribution in [0.25, 0.3) is 43.7 Å². The van der Waals surface area contributed by atoms with Crippen LogP contribution in [-0.2, 0) is 0 Å². The molecule has 28 heavy (non-hydrogen) atoms. The first-order valence-corrected chi connectivity index (χ1v) is 10.5. The van der Waals surface area contributed by atoms with Gasteiger partial charge in [-0.1, -0.05) is 68.3 Å². The van der Waals surface area contributed by atoms with Crippen molar-refractivity contribution in [3.63, 3.8) is 0 Å². The summed E-state index contributed by atoms with van der Waals surface area (Å²) in [7, 11) is 0. The first-order valence-electron chi connectivity index (χ1n) is 8.92. The van der Waals surface area contributed by atoms with Gasteiger partial charge < -0.3 is 9.40 Å². The molecule has 2 heterocycles. The minimum absolute atomic E-state index is 0.931. The van der Waals surface area contributed by atoms with Crippen LogP contribution in [0.4, 0.5) is 0 Å². The molecule has 2 nitrogen and oxygen atoms in total. The number of hydrogen-bond acceptors (Lipinski definition) is 1. The predicted octanol–water partition coefficient (Wildman–Crippen LogP) is 8.43. The van der Waals surface area contributed by atoms with E-state index in [1.807, 2.05) is 36.4 Å². The average Bonchev–Trinajstić information content (AvgIpc) is 3.25. The molecule has 0 atom stereocenters. The summed E-state index contributed by atoms with van der Waals surface area (Å²) in [5.74, 6) is 0. The Bertz CT molecular complexity index is 1440. The van der Waals surface area contributed by atoms with Gasteiger partial charge in [-0.05, 0) is 48.5 Å². The highest BCUT2D eigenvalue weighted by atomic mass is 79.9. The Morgan fingerprint density at radius 2 is 1.18 bits per heavy atom. The summed E-state index contributed by atoms with van der Waals surface area (Å²) in [6.07, 6.45) is 0. The molecule has 0 radical (unpaired) electrons. The number of para-hydroxylation sites is 2. The average molecular weight is 493 g/mol. The lowest BCUT2D eigenvalue weighted by Gasteiger charge is -1.91. The van der Waals surface area contributed by atoms with E-state index >= 15 is 0 Å². The van der Waals surface area contributed by atoms with Crippen LogP contribution in [0.3, 0.4) is 0 Å². The number of aromatic amines is 1. The zero-order valence-corrected chi connectivity index (χ0v) is 17.9. The van der Waals surface area contributed by atoms with E-state index in [0.717, 1.165) is 20.1 Å². The zero-order chi connectivity index (χ0) is 19.1. The lowest BCUT2D eigenvalue weighted by atomic mass is 10.2. The maximum atomic E-state index is 5.70. The summed E-state index contributed by atoms with van der Waals surface area (Å²) < 4.78 is 7.87. The Kier molecular flexibility index (Phi) is 4.46. The molecule has 0 unspecified atom stereocenters. The molecule has 0 aliphatic carbocycles. The lowest BCUT2D eigenvalue weighted by molar-refractivity contribution is 0.668. The van der Waals surface area contributed by atoms with Crippen LogP contribution in [0.15, 0.2) is 98.3 Å². The second-order valence-corrected chi connectivity index (χ2v) is 8.43. The Morgan fingerprint density at radius 1 is 0.536 bits per heavy atom. The molecule has 6 rings (SSSR count). The van der Waals surface area contributed by atoms with Crippen LogP contribution in [-0.4, -0.2) is 4.98 Å². The quantitative estimate of drug-likeness (QED) is 0.226. The fourth-order valence-electron chi connectivity index (χ4n) is 3.52. The first-order chi connectivity index (χ1) is 13.7. The van der Waals surface area contributed by atoms with Gasteiger partial charge in [0, 0.05) is 41.5 Å². The second-order valence-electron chi connectivity index (χ2n) is 6.60. The highest BCUT2D eigenvalue weighted by Gasteiger charge is 2.05. The molecular formula is C24H15Br2NO. The van der Waals surface area contributed by atoms with Gasteiger partial charge in [-0.3, -0.25) is 0 Å². The van der Waals surface area contributed by atoms with Crippen molar-refractivity contribution in [1.29, 1.82) is 0 Å². The Labute approximate surface area is 178 Å². The van der Waals surface area contributed by atoms with E-state index in [2.05, 4.69) is 85.4 Å². The third kappa shape index (κ3) is 3.13. The van der Waals surface area contributed by atoms with Gasteiger partial charge in [0.15, 0.2) is 0 Å². The van der Waals surface area contributed by atoms with Gasteiger partial charge in [-0.15, -0.1) is 0 Å². The topological polar surface area (TPSA) is 28.9 Å². The molecule has 0 fully saturated rings. The Hall–Kier alpha value is -2.56. The second kappa shape index (κ2) is 7.12. The summed E-state index contributed by atoms with van der Waals surface area (Å²) in [6.45, 7) is 0. The maximum absolute atomic E-state index is 5.70. The summed E-state index contributed by atoms with van der Waals surface area (Å²) in [6, 6.07) is 28.8. The zero-order valence-electron chi connectivity index (χ0n) is 14.7. The molecule has 1 N–H and O–H groups in total. The van der Waals surface area contributed by atoms with E-state index < -0.39 is 0 Å². The van der Waals surface area contributed by atoms with Gasteiger partial charge in [0.2, 0.25) is 0 Å². The third-order valence-corrected chi connectivity index (χ3v) is 5.80. The normalized spacial score (nSPS) is 11.2. The number of nitrogens with one attached hydrogen (secondary N) is 1. The number of halogens is 2. The highest BCUT2D eigenvalue weighted by Crippen LogP contribution is 2.30. The van der Waals surface area contributed by atoms with Gasteiger partial charge in [-0.2, -0.15) is 0 Å². The molecule has 2 aromatic heterocycles. The molecule has 0 amide bonds. The van der Waals surface area contributed by atoms with E-state index in [0.29, 0.717) is 0 Å². The molecule has 0 saturated carbocycles. The number of furan rings is 1. The van der Waals surface area contributed by atoms with Gasteiger partial charge in [0.1, 0.15) is 11.2 Å². The molecule has 0 spiro atoms. The van der Waals surface area contributed by atoms with Gasteiger partial charge >= 0.3 is 0 Å². The predicted molar refractivity (Wildman–Crippen MR) is 125 cm³/mol. The largest absolute Gasteiger partial charge is 0.456 e. The van der Waals surface area contributed by atoms with E-state index in [9.17, 15) is 0 Å². The van der Waals surface area contributed by atoms with Gasteiger partial charge in [0.25, 0.3) is 0 Å². The van der Waals surface area contributed by atoms with E-state index in [1.54, 1.807) is 0 Å². The van der Waals surface area contributed by atoms with Crippen molar-refractivity contribution < 1.29 is 4.42 Å². The number of fused-ring (bicyclic) bond motifs is 6. The monoisotopic (exact) mass is 491 g/mol. The SMILES string of the molecule is Brc1ccc2[nH]c3ccccc3c2c1.Brc1ccc2c(c1)oc1ccccc12. The smallest absolute Gasteiger partial charge is 0.136 e. The molecule has 136 valence electrons. The molecule has 0 aliphatic heterocycles. The van der Waals surface area contributed by atoms with Crippen LogP contribution in [0, 0.1) is 0 Å². The molecule has 0 saturated heterocycles. The molecular weight excluding hydrogens is 478 g/mol. The first kappa shape index (κ1) is 17.5. The van der Waals surface area contributed by atoms with Crippen molar-refractivity contribution in [2.75, 3.05) is 0 Å².